The molecule has 1 aliphatic rings. The third-order valence-electron chi connectivity index (χ3n) is 14.0. The summed E-state index contributed by atoms with van der Waals surface area (Å²) < 4.78 is 113. The molecule has 0 aliphatic carbocycles. The van der Waals surface area contributed by atoms with Crippen molar-refractivity contribution >= 4 is 38.6 Å². The fourth-order valence-electron chi connectivity index (χ4n) is 9.57. The first-order valence-corrected chi connectivity index (χ1v) is 32.0. The molecule has 0 saturated carbocycles. The van der Waals surface area contributed by atoms with E-state index in [2.05, 4.69) is 23.3 Å². The van der Waals surface area contributed by atoms with Crippen molar-refractivity contribution in [2.45, 2.75) is 230 Å². The number of esters is 2. The van der Waals surface area contributed by atoms with Crippen LogP contribution >= 0.6 is 0 Å². The van der Waals surface area contributed by atoms with E-state index < -0.39 is 88.8 Å². The SMILES string of the molecule is CCCCCCCCCCCCC/C=C/[C@@H](OCc1ccccc1)[C@H](CO[C@H]1O[C@H](COS(=O)(=O)[O-])[C@H](OS(=O)(=O)[O-])[C@H](OC(=O)c2ccccc2)[C@H]1OC(=O)c1ccccc1)NC(=O)CCCCCCCCCCCCCCC. The van der Waals surface area contributed by atoms with Gasteiger partial charge in [-0.2, -0.15) is 0 Å². The van der Waals surface area contributed by atoms with Crippen molar-refractivity contribution in [1.82, 2.24) is 5.32 Å². The lowest BCUT2D eigenvalue weighted by Gasteiger charge is -2.45. The van der Waals surface area contributed by atoms with Crippen molar-refractivity contribution in [3.63, 3.8) is 0 Å². The molecule has 0 spiro atoms. The van der Waals surface area contributed by atoms with E-state index in [1.165, 1.54) is 139 Å². The lowest BCUT2D eigenvalue weighted by molar-refractivity contribution is -0.296. The molecule has 3 aromatic carbocycles. The van der Waals surface area contributed by atoms with Crippen LogP contribution in [0.25, 0.3) is 0 Å². The second-order valence-electron chi connectivity index (χ2n) is 20.7. The van der Waals surface area contributed by atoms with Crippen LogP contribution in [0.3, 0.4) is 0 Å². The van der Waals surface area contributed by atoms with Gasteiger partial charge in [0, 0.05) is 6.42 Å². The van der Waals surface area contributed by atoms with Crippen LogP contribution in [-0.2, 0) is 64.2 Å². The predicted octanol–water partition coefficient (Wildman–Crippen LogP) is 12.3. The number of hydrogen-bond acceptors (Lipinski definition) is 16. The number of carbonyl (C=O) groups is 3. The molecule has 1 amide bonds. The van der Waals surface area contributed by atoms with Gasteiger partial charge in [-0.15, -0.1) is 0 Å². The third kappa shape index (κ3) is 29.4. The van der Waals surface area contributed by atoms with Gasteiger partial charge in [0.1, 0.15) is 12.2 Å². The van der Waals surface area contributed by atoms with E-state index in [9.17, 15) is 40.3 Å². The van der Waals surface area contributed by atoms with Crippen LogP contribution in [0.1, 0.15) is 207 Å². The lowest BCUT2D eigenvalue weighted by atomic mass is 9.98. The van der Waals surface area contributed by atoms with Crippen LogP contribution in [0.5, 0.6) is 0 Å². The van der Waals surface area contributed by atoms with Crippen molar-refractivity contribution in [2.24, 2.45) is 0 Å². The Hall–Kier alpha value is -4.57. The van der Waals surface area contributed by atoms with Gasteiger partial charge in [-0.1, -0.05) is 234 Å². The molecule has 7 atom stereocenters. The van der Waals surface area contributed by atoms with Crippen LogP contribution in [0, 0.1) is 0 Å². The van der Waals surface area contributed by atoms with E-state index in [-0.39, 0.29) is 30.1 Å². The van der Waals surface area contributed by atoms with Gasteiger partial charge in [0.2, 0.25) is 26.7 Å². The number of hydrogen-bond donors (Lipinski definition) is 1. The van der Waals surface area contributed by atoms with E-state index in [0.29, 0.717) is 12.8 Å². The molecule has 3 aromatic rings. The van der Waals surface area contributed by atoms with E-state index in [0.717, 1.165) is 50.5 Å². The minimum atomic E-state index is -5.75. The van der Waals surface area contributed by atoms with Crippen molar-refractivity contribution in [1.29, 1.82) is 0 Å². The quantitative estimate of drug-likeness (QED) is 0.0182. The molecule has 1 aliphatic heterocycles. The highest BCUT2D eigenvalue weighted by Gasteiger charge is 2.53. The highest BCUT2D eigenvalue weighted by molar-refractivity contribution is 7.81. The van der Waals surface area contributed by atoms with Gasteiger partial charge >= 0.3 is 11.9 Å². The average Bonchev–Trinajstić information content (AvgIpc) is 3.44. The van der Waals surface area contributed by atoms with E-state index >= 15 is 0 Å². The topological polar surface area (TPSA) is 242 Å². The molecule has 0 aromatic heterocycles. The summed E-state index contributed by atoms with van der Waals surface area (Å²) in [6.07, 6.45) is 21.4. The van der Waals surface area contributed by atoms with E-state index in [1.54, 1.807) is 24.3 Å². The Morgan fingerprint density at radius 1 is 0.575 bits per heavy atom. The Morgan fingerprint density at radius 2 is 1.02 bits per heavy atom. The average molecular weight is 1160 g/mol. The van der Waals surface area contributed by atoms with Crippen LogP contribution < -0.4 is 5.32 Å². The maximum Gasteiger partial charge on any atom is 0.338 e. The van der Waals surface area contributed by atoms with Gasteiger partial charge in [0.05, 0.1) is 43.1 Å². The fraction of sp³-hybridized carbons (Fsp3) is 0.623. The summed E-state index contributed by atoms with van der Waals surface area (Å²) in [5.41, 5.74) is 0.774. The fourth-order valence-corrected chi connectivity index (χ4v) is 10.4. The maximum atomic E-state index is 14.0. The van der Waals surface area contributed by atoms with Crippen molar-refractivity contribution < 1.29 is 72.4 Å². The first-order valence-electron chi connectivity index (χ1n) is 29.3. The van der Waals surface area contributed by atoms with E-state index in [1.807, 2.05) is 42.5 Å². The summed E-state index contributed by atoms with van der Waals surface area (Å²) in [6.45, 7) is 2.84. The van der Waals surface area contributed by atoms with E-state index in [4.69, 9.17) is 27.9 Å². The number of rotatable bonds is 44. The molecule has 1 heterocycles. The van der Waals surface area contributed by atoms with Crippen LogP contribution in [0.15, 0.2) is 103 Å². The monoisotopic (exact) mass is 1160 g/mol. The Kier molecular flexibility index (Phi) is 33.8. The Bertz CT molecular complexity index is 2390. The highest BCUT2D eigenvalue weighted by atomic mass is 32.3. The molecule has 0 bridgehead atoms. The normalized spacial score (nSPS) is 18.4. The third-order valence-corrected chi connectivity index (χ3v) is 14.9. The molecule has 1 saturated heterocycles. The largest absolute Gasteiger partial charge is 0.726 e. The van der Waals surface area contributed by atoms with Gasteiger partial charge in [0.15, 0.2) is 18.5 Å². The number of allylic oxidation sites excluding steroid dienone is 1. The summed E-state index contributed by atoms with van der Waals surface area (Å²) >= 11 is 0. The predicted molar refractivity (Wildman–Crippen MR) is 304 cm³/mol. The lowest BCUT2D eigenvalue weighted by Crippen LogP contribution is -2.63. The molecule has 80 heavy (non-hydrogen) atoms. The molecular formula is C61H89NO16S2-2. The second kappa shape index (κ2) is 39.8. The van der Waals surface area contributed by atoms with Crippen LogP contribution in [0.2, 0.25) is 0 Å². The number of benzene rings is 3. The summed E-state index contributed by atoms with van der Waals surface area (Å²) in [6, 6.07) is 23.4. The first kappa shape index (κ1) is 67.9. The maximum absolute atomic E-state index is 14.0. The summed E-state index contributed by atoms with van der Waals surface area (Å²) in [5.74, 6) is -2.45. The molecule has 1 N–H and O–H groups in total. The van der Waals surface area contributed by atoms with Gasteiger partial charge in [-0.25, -0.2) is 26.4 Å². The molecule has 448 valence electrons. The summed E-state index contributed by atoms with van der Waals surface area (Å²) in [4.78, 5) is 41.8. The highest BCUT2D eigenvalue weighted by Crippen LogP contribution is 2.32. The van der Waals surface area contributed by atoms with Crippen LogP contribution in [0.4, 0.5) is 0 Å². The standard InChI is InChI=1S/C61H91NO16S2/c1-3-5-7-9-11-13-15-17-19-21-23-25-36-44-53(72-46-49-38-30-27-31-39-49)52(62-55(63)45-37-26-24-22-20-18-16-14-12-10-8-6-4-2)47-73-61-58(77-60(65)51-42-34-29-35-43-51)57(76-59(64)50-40-32-28-33-41-50)56(78-80(69,70)71)54(75-61)48-74-79(66,67)68/h27-36,38-44,52-54,56-58,61H,3-26,37,45-48H2,1-2H3,(H,62,63)(H,66,67,68)(H,69,70,71)/p-2/b44-36+/t52-,53+,54+,56-,57-,58+,61-/m0/s1. The molecule has 1 fully saturated rings. The Balaban J connectivity index is 1.64. The van der Waals surface area contributed by atoms with Crippen molar-refractivity contribution in [2.75, 3.05) is 13.2 Å². The van der Waals surface area contributed by atoms with Gasteiger partial charge in [0.25, 0.3) is 0 Å². The van der Waals surface area contributed by atoms with Crippen molar-refractivity contribution in [3.05, 3.63) is 120 Å². The van der Waals surface area contributed by atoms with Crippen LogP contribution in [-0.4, -0.2) is 99.9 Å². The van der Waals surface area contributed by atoms with Crippen molar-refractivity contribution in [3.8, 4) is 0 Å². The minimum Gasteiger partial charge on any atom is -0.726 e. The number of nitrogens with one attached hydrogen (secondary N) is 1. The zero-order chi connectivity index (χ0) is 57.7. The second-order valence-corrected chi connectivity index (χ2v) is 22.8. The molecule has 17 nitrogen and oxygen atoms in total. The number of ether oxygens (including phenoxy) is 5. The molecule has 4 rings (SSSR count). The van der Waals surface area contributed by atoms with Gasteiger partial charge in [-0.05, 0) is 49.1 Å². The Labute approximate surface area is 477 Å². The number of amides is 1. The molecule has 0 radical (unpaired) electrons. The molecule has 19 heteroatoms. The molecule has 0 unspecified atom stereocenters. The summed E-state index contributed by atoms with van der Waals surface area (Å²) in [5, 5.41) is 3.10. The summed E-state index contributed by atoms with van der Waals surface area (Å²) in [7, 11) is -11.3. The Morgan fingerprint density at radius 3 is 1.50 bits per heavy atom. The first-order chi connectivity index (χ1) is 38.7. The number of carbonyl (C=O) groups excluding carboxylic acids is 3. The zero-order valence-electron chi connectivity index (χ0n) is 47.2. The minimum absolute atomic E-state index is 0.00757. The number of unbranched alkanes of at least 4 members (excludes halogenated alkanes) is 23. The molecular weight excluding hydrogens is 1070 g/mol. The smallest absolute Gasteiger partial charge is 0.338 e. The van der Waals surface area contributed by atoms with Gasteiger partial charge in [-0.3, -0.25) is 13.2 Å². The van der Waals surface area contributed by atoms with Gasteiger partial charge < -0.3 is 38.1 Å². The zero-order valence-corrected chi connectivity index (χ0v) is 48.8.